The van der Waals surface area contributed by atoms with E-state index < -0.39 is 6.03 Å². The number of imidazole rings is 1. The number of imide groups is 1. The summed E-state index contributed by atoms with van der Waals surface area (Å²) in [5, 5.41) is 5.74. The van der Waals surface area contributed by atoms with Gasteiger partial charge in [0.2, 0.25) is 5.91 Å². The molecule has 1 aliphatic heterocycles. The molecule has 1 aromatic heterocycles. The van der Waals surface area contributed by atoms with Gasteiger partial charge in [0.25, 0.3) is 0 Å². The third-order valence-corrected chi connectivity index (χ3v) is 6.16. The zero-order valence-electron chi connectivity index (χ0n) is 18.7. The number of aromatic nitrogens is 2. The number of rotatable bonds is 8. The number of nitrogens with one attached hydrogen (secondary N) is 1. The number of ether oxygens (including phenoxy) is 2. The smallest absolute Gasteiger partial charge is 0.339 e. The number of carbonyl (C=O) groups excluding carboxylic acids is 2. The zero-order chi connectivity index (χ0) is 22.5. The summed E-state index contributed by atoms with van der Waals surface area (Å²) in [6.45, 7) is 1.23. The molecule has 32 heavy (non-hydrogen) atoms. The van der Waals surface area contributed by atoms with Crippen molar-refractivity contribution in [2.75, 3.05) is 20.7 Å². The van der Waals surface area contributed by atoms with Crippen LogP contribution >= 0.6 is 0 Å². The highest BCUT2D eigenvalue weighted by atomic mass is 16.5. The summed E-state index contributed by atoms with van der Waals surface area (Å²) >= 11 is 0. The van der Waals surface area contributed by atoms with Crippen molar-refractivity contribution < 1.29 is 19.1 Å². The number of hydrogen-bond donors (Lipinski definition) is 1. The van der Waals surface area contributed by atoms with Crippen molar-refractivity contribution in [2.24, 2.45) is 0 Å². The molecule has 2 aliphatic rings. The second-order valence-electron chi connectivity index (χ2n) is 8.32. The number of amides is 3. The Morgan fingerprint density at radius 3 is 2.78 bits per heavy atom. The minimum Gasteiger partial charge on any atom is -0.493 e. The summed E-state index contributed by atoms with van der Waals surface area (Å²) < 4.78 is 13.6. The number of hydrogen-bond acceptors (Lipinski definition) is 6. The van der Waals surface area contributed by atoms with Crippen LogP contribution in [0.4, 0.5) is 4.79 Å². The van der Waals surface area contributed by atoms with Crippen molar-refractivity contribution in [2.45, 2.75) is 57.2 Å². The Morgan fingerprint density at radius 1 is 1.25 bits per heavy atom. The predicted molar refractivity (Wildman–Crippen MR) is 118 cm³/mol. The van der Waals surface area contributed by atoms with Crippen molar-refractivity contribution in [1.29, 1.82) is 0 Å². The van der Waals surface area contributed by atoms with Crippen LogP contribution < -0.4 is 14.8 Å². The Hall–Kier alpha value is -3.07. The van der Waals surface area contributed by atoms with Gasteiger partial charge in [-0.05, 0) is 49.8 Å². The molecule has 4 rings (SSSR count). The van der Waals surface area contributed by atoms with E-state index in [9.17, 15) is 9.59 Å². The minimum atomic E-state index is -0.401. The van der Waals surface area contributed by atoms with Crippen molar-refractivity contribution in [3.8, 4) is 11.5 Å². The van der Waals surface area contributed by atoms with Gasteiger partial charge in [-0.15, -0.1) is 0 Å². The van der Waals surface area contributed by atoms with Crippen LogP contribution in [0.15, 0.2) is 36.9 Å². The van der Waals surface area contributed by atoms with Crippen LogP contribution in [0.25, 0.3) is 0 Å². The zero-order valence-corrected chi connectivity index (χ0v) is 18.7. The van der Waals surface area contributed by atoms with Crippen molar-refractivity contribution in [1.82, 2.24) is 24.9 Å². The van der Waals surface area contributed by atoms with Gasteiger partial charge in [0.1, 0.15) is 0 Å². The Bertz CT molecular complexity index is 926. The summed E-state index contributed by atoms with van der Waals surface area (Å²) in [4.78, 5) is 29.4. The summed E-state index contributed by atoms with van der Waals surface area (Å²) in [5.74, 6) is 1.15. The lowest BCUT2D eigenvalue weighted by molar-refractivity contribution is -0.131. The van der Waals surface area contributed by atoms with E-state index in [0.717, 1.165) is 31.4 Å². The van der Waals surface area contributed by atoms with Crippen LogP contribution in [0, 0.1) is 0 Å². The lowest BCUT2D eigenvalue weighted by atomic mass is 10.0. The SMILES string of the molecule is COc1ccc(C2CC(=O)N(C(=O)NCCCn3ccnc3)N2C)cc1OC1CCCC1. The molecule has 2 fully saturated rings. The number of urea groups is 1. The third kappa shape index (κ3) is 4.88. The average molecular weight is 442 g/mol. The lowest BCUT2D eigenvalue weighted by Crippen LogP contribution is -2.47. The summed E-state index contributed by atoms with van der Waals surface area (Å²) in [7, 11) is 3.39. The van der Waals surface area contributed by atoms with Gasteiger partial charge in [0.15, 0.2) is 11.5 Å². The normalized spacial score (nSPS) is 19.5. The standard InChI is InChI=1S/C23H31N5O4/c1-26-19(17-8-9-20(31-2)21(14-17)32-18-6-3-4-7-18)15-22(29)28(26)23(30)25-10-5-12-27-13-11-24-16-27/h8-9,11,13-14,16,18-19H,3-7,10,12,15H2,1-2H3,(H,25,30). The number of hydrazine groups is 1. The summed E-state index contributed by atoms with van der Waals surface area (Å²) in [6.07, 6.45) is 11.0. The first-order valence-corrected chi connectivity index (χ1v) is 11.2. The van der Waals surface area contributed by atoms with Crippen molar-refractivity contribution in [3.05, 3.63) is 42.5 Å². The first kappa shape index (κ1) is 22.1. The molecular weight excluding hydrogens is 410 g/mol. The Labute approximate surface area is 188 Å². The Morgan fingerprint density at radius 2 is 2.06 bits per heavy atom. The van der Waals surface area contributed by atoms with E-state index in [1.54, 1.807) is 31.7 Å². The van der Waals surface area contributed by atoms with Crippen LogP contribution in [0.3, 0.4) is 0 Å². The van der Waals surface area contributed by atoms with E-state index >= 15 is 0 Å². The molecular formula is C23H31N5O4. The summed E-state index contributed by atoms with van der Waals surface area (Å²) in [5.41, 5.74) is 0.921. The maximum Gasteiger partial charge on any atom is 0.339 e. The highest BCUT2D eigenvalue weighted by Crippen LogP contribution is 2.38. The van der Waals surface area contributed by atoms with Gasteiger partial charge in [0, 0.05) is 32.5 Å². The number of methoxy groups -OCH3 is 1. The van der Waals surface area contributed by atoms with E-state index in [0.29, 0.717) is 18.0 Å². The number of aryl methyl sites for hydroxylation is 1. The van der Waals surface area contributed by atoms with E-state index in [2.05, 4.69) is 10.3 Å². The van der Waals surface area contributed by atoms with Crippen molar-refractivity contribution >= 4 is 11.9 Å². The second kappa shape index (κ2) is 10.0. The largest absolute Gasteiger partial charge is 0.493 e. The van der Waals surface area contributed by atoms with Gasteiger partial charge in [0.05, 0.1) is 32.0 Å². The Balaban J connectivity index is 1.39. The molecule has 0 radical (unpaired) electrons. The summed E-state index contributed by atoms with van der Waals surface area (Å²) in [6, 6.07) is 5.11. The fraction of sp³-hybridized carbons (Fsp3) is 0.522. The third-order valence-electron chi connectivity index (χ3n) is 6.16. The van der Waals surface area contributed by atoms with Crippen LogP contribution in [0.2, 0.25) is 0 Å². The number of nitrogens with zero attached hydrogens (tertiary/aromatic N) is 4. The maximum atomic E-state index is 12.7. The second-order valence-corrected chi connectivity index (χ2v) is 8.32. The molecule has 1 atom stereocenters. The predicted octanol–water partition coefficient (Wildman–Crippen LogP) is 3.13. The molecule has 0 bridgehead atoms. The van der Waals surface area contributed by atoms with E-state index in [-0.39, 0.29) is 24.5 Å². The van der Waals surface area contributed by atoms with Gasteiger partial charge in [-0.1, -0.05) is 6.07 Å². The average Bonchev–Trinajstić information content (AvgIpc) is 3.54. The van der Waals surface area contributed by atoms with Crippen LogP contribution in [0.5, 0.6) is 11.5 Å². The molecule has 1 aliphatic carbocycles. The molecule has 0 spiro atoms. The lowest BCUT2D eigenvalue weighted by Gasteiger charge is -2.27. The molecule has 172 valence electrons. The molecule has 1 saturated heterocycles. The van der Waals surface area contributed by atoms with Gasteiger partial charge < -0.3 is 19.4 Å². The first-order valence-electron chi connectivity index (χ1n) is 11.2. The highest BCUT2D eigenvalue weighted by molar-refractivity contribution is 5.95. The van der Waals surface area contributed by atoms with E-state index in [4.69, 9.17) is 9.47 Å². The topological polar surface area (TPSA) is 88.9 Å². The van der Waals surface area contributed by atoms with Crippen LogP contribution in [-0.2, 0) is 11.3 Å². The molecule has 2 heterocycles. The molecule has 1 saturated carbocycles. The molecule has 2 aromatic rings. The number of carbonyl (C=O) groups is 2. The molecule has 1 unspecified atom stereocenters. The fourth-order valence-electron chi connectivity index (χ4n) is 4.42. The van der Waals surface area contributed by atoms with Crippen LogP contribution in [0.1, 0.15) is 50.1 Å². The fourth-order valence-corrected chi connectivity index (χ4v) is 4.42. The van der Waals surface area contributed by atoms with E-state index in [1.165, 1.54) is 17.9 Å². The molecule has 3 amide bonds. The van der Waals surface area contributed by atoms with Gasteiger partial charge in [-0.3, -0.25) is 4.79 Å². The quantitative estimate of drug-likeness (QED) is 0.633. The Kier molecular flexibility index (Phi) is 6.94. The molecule has 1 aromatic carbocycles. The molecule has 9 nitrogen and oxygen atoms in total. The van der Waals surface area contributed by atoms with Gasteiger partial charge in [-0.25, -0.2) is 14.8 Å². The highest BCUT2D eigenvalue weighted by Gasteiger charge is 2.40. The number of benzene rings is 1. The minimum absolute atomic E-state index is 0.201. The van der Waals surface area contributed by atoms with Gasteiger partial charge >= 0.3 is 6.03 Å². The monoisotopic (exact) mass is 441 g/mol. The van der Waals surface area contributed by atoms with Crippen molar-refractivity contribution in [3.63, 3.8) is 0 Å². The molecule has 1 N–H and O–H groups in total. The first-order chi connectivity index (χ1) is 15.6. The van der Waals surface area contributed by atoms with Gasteiger partial charge in [-0.2, -0.15) is 5.01 Å². The molecule has 9 heteroatoms. The van der Waals surface area contributed by atoms with E-state index in [1.807, 2.05) is 29.0 Å². The maximum absolute atomic E-state index is 12.7. The van der Waals surface area contributed by atoms with Crippen LogP contribution in [-0.4, -0.2) is 58.3 Å².